The summed E-state index contributed by atoms with van der Waals surface area (Å²) in [6.07, 6.45) is 2.41. The van der Waals surface area contributed by atoms with Crippen molar-refractivity contribution in [1.82, 2.24) is 4.90 Å². The van der Waals surface area contributed by atoms with Crippen LogP contribution >= 0.6 is 0 Å². The zero-order chi connectivity index (χ0) is 12.4. The summed E-state index contributed by atoms with van der Waals surface area (Å²) in [6, 6.07) is 5.63. The Balaban J connectivity index is 2.16. The van der Waals surface area contributed by atoms with Crippen molar-refractivity contribution in [2.24, 2.45) is 0 Å². The van der Waals surface area contributed by atoms with Crippen molar-refractivity contribution in [1.29, 1.82) is 0 Å². The van der Waals surface area contributed by atoms with Gasteiger partial charge in [0.2, 0.25) is 0 Å². The summed E-state index contributed by atoms with van der Waals surface area (Å²) in [4.78, 5) is 12.7. The van der Waals surface area contributed by atoms with Crippen LogP contribution < -0.4 is 5.73 Å². The highest BCUT2D eigenvalue weighted by atomic mass is 16.6. The Morgan fingerprint density at radius 1 is 1.59 bits per heavy atom. The number of nitro benzene ring substituents is 1. The average molecular weight is 235 g/mol. The minimum absolute atomic E-state index is 0.00866. The van der Waals surface area contributed by atoms with Gasteiger partial charge >= 0.3 is 0 Å². The van der Waals surface area contributed by atoms with Gasteiger partial charge in [-0.3, -0.25) is 15.0 Å². The molecule has 0 aromatic heterocycles. The number of likely N-dealkylation sites (tertiary alicyclic amines) is 1. The quantitative estimate of drug-likeness (QED) is 0.495. The molecule has 1 aromatic carbocycles. The summed E-state index contributed by atoms with van der Waals surface area (Å²) >= 11 is 0. The number of nitrogens with zero attached hydrogens (tertiary/aromatic N) is 2. The van der Waals surface area contributed by atoms with Gasteiger partial charge in [0.1, 0.15) is 5.69 Å². The fourth-order valence-corrected chi connectivity index (χ4v) is 2.31. The molecule has 2 rings (SSSR count). The lowest BCUT2D eigenvalue weighted by atomic mass is 10.1. The smallest absolute Gasteiger partial charge is 0.292 e. The standard InChI is InChI=1S/C12H17N3O2/c1-9-3-2-6-14(9)8-10-4-5-11(13)12(7-10)15(16)17/h4-5,7,9H,2-3,6,8,13H2,1H3. The second-order valence-corrected chi connectivity index (χ2v) is 4.61. The Hall–Kier alpha value is -1.62. The molecule has 1 saturated heterocycles. The number of benzene rings is 1. The van der Waals surface area contributed by atoms with Gasteiger partial charge in [-0.1, -0.05) is 6.07 Å². The van der Waals surface area contributed by atoms with E-state index in [4.69, 9.17) is 5.73 Å². The van der Waals surface area contributed by atoms with Crippen LogP contribution in [-0.2, 0) is 6.54 Å². The maximum Gasteiger partial charge on any atom is 0.292 e. The van der Waals surface area contributed by atoms with E-state index in [0.717, 1.165) is 18.7 Å². The molecule has 2 N–H and O–H groups in total. The van der Waals surface area contributed by atoms with Gasteiger partial charge in [0, 0.05) is 18.7 Å². The lowest BCUT2D eigenvalue weighted by Crippen LogP contribution is -2.26. The van der Waals surface area contributed by atoms with Crippen LogP contribution in [0.2, 0.25) is 0 Å². The molecule has 0 radical (unpaired) electrons. The summed E-state index contributed by atoms with van der Waals surface area (Å²) in [5, 5.41) is 10.8. The van der Waals surface area contributed by atoms with E-state index >= 15 is 0 Å². The van der Waals surface area contributed by atoms with Crippen LogP contribution in [0.5, 0.6) is 0 Å². The van der Waals surface area contributed by atoms with Crippen molar-refractivity contribution in [2.75, 3.05) is 12.3 Å². The topological polar surface area (TPSA) is 72.4 Å². The summed E-state index contributed by atoms with van der Waals surface area (Å²) in [6.45, 7) is 4.03. The Bertz CT molecular complexity index is 434. The number of nitrogens with two attached hydrogens (primary N) is 1. The first kappa shape index (κ1) is 11.9. The van der Waals surface area contributed by atoms with E-state index in [-0.39, 0.29) is 11.4 Å². The summed E-state index contributed by atoms with van der Waals surface area (Å²) in [5.74, 6) is 0. The predicted octanol–water partition coefficient (Wildman–Crippen LogP) is 2.16. The van der Waals surface area contributed by atoms with Gasteiger partial charge in [0.05, 0.1) is 4.92 Å². The van der Waals surface area contributed by atoms with Crippen LogP contribution in [0.3, 0.4) is 0 Å². The first-order valence-corrected chi connectivity index (χ1v) is 5.85. The highest BCUT2D eigenvalue weighted by molar-refractivity contribution is 5.59. The van der Waals surface area contributed by atoms with Crippen molar-refractivity contribution < 1.29 is 4.92 Å². The molecular formula is C12H17N3O2. The molecule has 92 valence electrons. The number of hydrogen-bond acceptors (Lipinski definition) is 4. The maximum absolute atomic E-state index is 10.8. The van der Waals surface area contributed by atoms with Gasteiger partial charge in [-0.25, -0.2) is 0 Å². The molecule has 17 heavy (non-hydrogen) atoms. The van der Waals surface area contributed by atoms with E-state index in [9.17, 15) is 10.1 Å². The number of nitro groups is 1. The highest BCUT2D eigenvalue weighted by Crippen LogP contribution is 2.25. The van der Waals surface area contributed by atoms with Crippen LogP contribution in [0.25, 0.3) is 0 Å². The van der Waals surface area contributed by atoms with E-state index in [1.807, 2.05) is 6.07 Å². The third-order valence-electron chi connectivity index (χ3n) is 3.37. The van der Waals surface area contributed by atoms with Crippen molar-refractivity contribution in [3.63, 3.8) is 0 Å². The summed E-state index contributed by atoms with van der Waals surface area (Å²) in [5.41, 5.74) is 6.77. The Morgan fingerprint density at radius 2 is 2.35 bits per heavy atom. The van der Waals surface area contributed by atoms with E-state index in [0.29, 0.717) is 6.04 Å². The fourth-order valence-electron chi connectivity index (χ4n) is 2.31. The first-order valence-electron chi connectivity index (χ1n) is 5.85. The normalized spacial score (nSPS) is 20.6. The number of nitrogen functional groups attached to an aromatic ring is 1. The number of rotatable bonds is 3. The molecule has 1 aliphatic rings. The molecule has 5 nitrogen and oxygen atoms in total. The third kappa shape index (κ3) is 2.55. The van der Waals surface area contributed by atoms with Crippen LogP contribution in [-0.4, -0.2) is 22.4 Å². The monoisotopic (exact) mass is 235 g/mol. The highest BCUT2D eigenvalue weighted by Gasteiger charge is 2.21. The second-order valence-electron chi connectivity index (χ2n) is 4.61. The molecule has 1 atom stereocenters. The average Bonchev–Trinajstić information content (AvgIpc) is 2.67. The predicted molar refractivity (Wildman–Crippen MR) is 66.6 cm³/mol. The van der Waals surface area contributed by atoms with Gasteiger partial charge in [0.15, 0.2) is 0 Å². The molecule has 0 bridgehead atoms. The Morgan fingerprint density at radius 3 is 2.94 bits per heavy atom. The van der Waals surface area contributed by atoms with Crippen molar-refractivity contribution >= 4 is 11.4 Å². The van der Waals surface area contributed by atoms with Crippen LogP contribution in [0.4, 0.5) is 11.4 Å². The minimum atomic E-state index is -0.424. The molecule has 1 unspecified atom stereocenters. The minimum Gasteiger partial charge on any atom is -0.393 e. The van der Waals surface area contributed by atoms with E-state index in [1.165, 1.54) is 12.8 Å². The second kappa shape index (κ2) is 4.71. The molecule has 1 aromatic rings. The molecule has 0 saturated carbocycles. The summed E-state index contributed by atoms with van der Waals surface area (Å²) < 4.78 is 0. The third-order valence-corrected chi connectivity index (χ3v) is 3.37. The lowest BCUT2D eigenvalue weighted by Gasteiger charge is -2.20. The van der Waals surface area contributed by atoms with Gasteiger partial charge in [-0.05, 0) is 37.9 Å². The molecule has 5 heteroatoms. The summed E-state index contributed by atoms with van der Waals surface area (Å²) in [7, 11) is 0. The molecule has 0 amide bonds. The van der Waals surface area contributed by atoms with Gasteiger partial charge < -0.3 is 5.73 Å². The van der Waals surface area contributed by atoms with Gasteiger partial charge in [-0.2, -0.15) is 0 Å². The van der Waals surface area contributed by atoms with Crippen molar-refractivity contribution in [2.45, 2.75) is 32.4 Å². The van der Waals surface area contributed by atoms with Gasteiger partial charge in [0.25, 0.3) is 5.69 Å². The van der Waals surface area contributed by atoms with Crippen LogP contribution in [0, 0.1) is 10.1 Å². The van der Waals surface area contributed by atoms with Gasteiger partial charge in [-0.15, -0.1) is 0 Å². The van der Waals surface area contributed by atoms with E-state index in [1.54, 1.807) is 12.1 Å². The first-order chi connectivity index (χ1) is 8.08. The SMILES string of the molecule is CC1CCCN1Cc1ccc(N)c([N+](=O)[O-])c1. The van der Waals surface area contributed by atoms with Crippen LogP contribution in [0.1, 0.15) is 25.3 Å². The molecule has 1 heterocycles. The number of hydrogen-bond donors (Lipinski definition) is 1. The van der Waals surface area contributed by atoms with Crippen molar-refractivity contribution in [3.8, 4) is 0 Å². The molecule has 0 spiro atoms. The fraction of sp³-hybridized carbons (Fsp3) is 0.500. The van der Waals surface area contributed by atoms with E-state index < -0.39 is 4.92 Å². The zero-order valence-electron chi connectivity index (χ0n) is 9.93. The van der Waals surface area contributed by atoms with E-state index in [2.05, 4.69) is 11.8 Å². The van der Waals surface area contributed by atoms with Crippen molar-refractivity contribution in [3.05, 3.63) is 33.9 Å². The van der Waals surface area contributed by atoms with Crippen LogP contribution in [0.15, 0.2) is 18.2 Å². The number of anilines is 1. The maximum atomic E-state index is 10.8. The zero-order valence-corrected chi connectivity index (χ0v) is 9.93. The Kier molecular flexibility index (Phi) is 3.28. The largest absolute Gasteiger partial charge is 0.393 e. The Labute approximate surface area is 100 Å². The molecule has 1 fully saturated rings. The molecule has 1 aliphatic heterocycles. The molecular weight excluding hydrogens is 218 g/mol. The molecule has 0 aliphatic carbocycles. The lowest BCUT2D eigenvalue weighted by molar-refractivity contribution is -0.384.